The number of nitro benzene ring substituents is 1. The van der Waals surface area contributed by atoms with Crippen molar-refractivity contribution in [1.82, 2.24) is 0 Å². The Morgan fingerprint density at radius 3 is 2.28 bits per heavy atom. The number of benzene rings is 2. The van der Waals surface area contributed by atoms with Crippen LogP contribution in [0.2, 0.25) is 10.0 Å². The number of rotatable bonds is 2. The molecule has 0 aliphatic heterocycles. The molecule has 2 aromatic rings. The van der Waals surface area contributed by atoms with Crippen molar-refractivity contribution < 1.29 is 19.5 Å². The summed E-state index contributed by atoms with van der Waals surface area (Å²) in [4.78, 5) is 9.89. The fourth-order valence-corrected chi connectivity index (χ4v) is 2.78. The summed E-state index contributed by atoms with van der Waals surface area (Å²) in [6.45, 7) is 3.66. The van der Waals surface area contributed by atoms with Gasteiger partial charge in [-0.3, -0.25) is 10.1 Å². The third-order valence-electron chi connectivity index (χ3n) is 3.07. The van der Waals surface area contributed by atoms with Crippen LogP contribution in [0.3, 0.4) is 0 Å². The number of hydrogen-bond donors (Lipinski definition) is 3. The molecule has 6 nitrogen and oxygen atoms in total. The van der Waals surface area contributed by atoms with Gasteiger partial charge in [-0.1, -0.05) is 37.0 Å². The molecule has 0 fully saturated rings. The molecule has 25 heavy (non-hydrogen) atoms. The van der Waals surface area contributed by atoms with Gasteiger partial charge < -0.3 is 15.9 Å². The van der Waals surface area contributed by atoms with E-state index in [1.807, 2.05) is 13.8 Å². The molecule has 136 valence electrons. The number of phenols is 2. The summed E-state index contributed by atoms with van der Waals surface area (Å²) in [5.74, 6) is -1.34. The SMILES string of the molecule is CC(C)c1cc(Cl)cc([N+](=O)[O-])c1O.Nc1cc(Cl)c(F)c(Br)c1O. The van der Waals surface area contributed by atoms with Gasteiger partial charge in [0.1, 0.15) is 0 Å². The zero-order valence-electron chi connectivity index (χ0n) is 13.1. The van der Waals surface area contributed by atoms with Gasteiger partial charge in [-0.25, -0.2) is 4.39 Å². The molecule has 0 unspecified atom stereocenters. The second-order valence-electron chi connectivity index (χ2n) is 5.20. The van der Waals surface area contributed by atoms with E-state index in [9.17, 15) is 19.6 Å². The monoisotopic (exact) mass is 454 g/mol. The maximum absolute atomic E-state index is 12.8. The number of anilines is 1. The molecule has 0 atom stereocenters. The van der Waals surface area contributed by atoms with Crippen molar-refractivity contribution in [2.24, 2.45) is 0 Å². The number of halogens is 4. The van der Waals surface area contributed by atoms with Gasteiger partial charge in [0.05, 0.1) is 20.1 Å². The number of hydrogen-bond acceptors (Lipinski definition) is 5. The van der Waals surface area contributed by atoms with Gasteiger partial charge in [-0.05, 0) is 34.0 Å². The fraction of sp³-hybridized carbons (Fsp3) is 0.200. The minimum atomic E-state index is -0.710. The molecule has 4 N–H and O–H groups in total. The Labute approximate surface area is 161 Å². The number of nitrogens with zero attached hydrogens (tertiary/aromatic N) is 1. The van der Waals surface area contributed by atoms with Gasteiger partial charge in [0.25, 0.3) is 0 Å². The van der Waals surface area contributed by atoms with E-state index in [4.69, 9.17) is 34.0 Å². The molecule has 0 bridgehead atoms. The highest BCUT2D eigenvalue weighted by Gasteiger charge is 2.20. The van der Waals surface area contributed by atoms with E-state index in [0.29, 0.717) is 5.56 Å². The van der Waals surface area contributed by atoms with Crippen molar-refractivity contribution in [3.8, 4) is 11.5 Å². The Balaban J connectivity index is 0.000000257. The van der Waals surface area contributed by atoms with Crippen molar-refractivity contribution in [2.45, 2.75) is 19.8 Å². The smallest absolute Gasteiger partial charge is 0.312 e. The molecule has 0 aliphatic rings. The van der Waals surface area contributed by atoms with Crippen LogP contribution in [0.5, 0.6) is 11.5 Å². The summed E-state index contributed by atoms with van der Waals surface area (Å²) < 4.78 is 12.7. The average Bonchev–Trinajstić information content (AvgIpc) is 2.53. The van der Waals surface area contributed by atoms with Gasteiger partial charge in [0.2, 0.25) is 0 Å². The summed E-state index contributed by atoms with van der Waals surface area (Å²) in [6, 6.07) is 3.83. The molecule has 0 aliphatic carbocycles. The molecule has 2 rings (SSSR count). The van der Waals surface area contributed by atoms with E-state index in [1.165, 1.54) is 6.07 Å². The quantitative estimate of drug-likeness (QED) is 0.179. The molecule has 0 radical (unpaired) electrons. The van der Waals surface area contributed by atoms with E-state index >= 15 is 0 Å². The Kier molecular flexibility index (Phi) is 7.28. The molecular weight excluding hydrogens is 442 g/mol. The third kappa shape index (κ3) is 5.10. The number of nitrogens with two attached hydrogens (primary N) is 1. The largest absolute Gasteiger partial charge is 0.505 e. The maximum atomic E-state index is 12.8. The number of nitrogen functional groups attached to an aromatic ring is 1. The highest BCUT2D eigenvalue weighted by Crippen LogP contribution is 2.37. The van der Waals surface area contributed by atoms with Crippen LogP contribution in [0.4, 0.5) is 15.8 Å². The van der Waals surface area contributed by atoms with Crippen LogP contribution in [-0.2, 0) is 0 Å². The summed E-state index contributed by atoms with van der Waals surface area (Å²) in [7, 11) is 0. The molecular formula is C15H14BrCl2FN2O4. The highest BCUT2D eigenvalue weighted by atomic mass is 79.9. The normalized spacial score (nSPS) is 10.4. The van der Waals surface area contributed by atoms with E-state index in [2.05, 4.69) is 15.9 Å². The van der Waals surface area contributed by atoms with E-state index in [-0.39, 0.29) is 43.3 Å². The predicted molar refractivity (Wildman–Crippen MR) is 99.0 cm³/mol. The molecule has 10 heteroatoms. The number of phenolic OH excluding ortho intramolecular Hbond substituents is 2. The number of aromatic hydroxyl groups is 2. The molecule has 0 spiro atoms. The Morgan fingerprint density at radius 1 is 1.24 bits per heavy atom. The van der Waals surface area contributed by atoms with Crippen LogP contribution in [0, 0.1) is 15.9 Å². The Morgan fingerprint density at radius 2 is 1.80 bits per heavy atom. The third-order valence-corrected chi connectivity index (χ3v) is 4.29. The first kappa shape index (κ1) is 21.3. The van der Waals surface area contributed by atoms with Gasteiger partial charge in [-0.2, -0.15) is 0 Å². The van der Waals surface area contributed by atoms with Crippen LogP contribution in [0.25, 0.3) is 0 Å². The molecule has 0 saturated heterocycles. The lowest BCUT2D eigenvalue weighted by molar-refractivity contribution is -0.385. The highest BCUT2D eigenvalue weighted by molar-refractivity contribution is 9.10. The second kappa shape index (κ2) is 8.55. The van der Waals surface area contributed by atoms with Gasteiger partial charge in [0.15, 0.2) is 17.3 Å². The molecule has 0 saturated carbocycles. The van der Waals surface area contributed by atoms with Crippen LogP contribution in [0.1, 0.15) is 25.3 Å². The van der Waals surface area contributed by atoms with Crippen LogP contribution >= 0.6 is 39.1 Å². The average molecular weight is 456 g/mol. The van der Waals surface area contributed by atoms with Gasteiger partial charge in [-0.15, -0.1) is 0 Å². The zero-order valence-corrected chi connectivity index (χ0v) is 16.2. The van der Waals surface area contributed by atoms with E-state index in [0.717, 1.165) is 12.1 Å². The zero-order chi connectivity index (χ0) is 19.5. The van der Waals surface area contributed by atoms with Crippen LogP contribution < -0.4 is 5.73 Å². The first-order valence-electron chi connectivity index (χ1n) is 6.76. The lowest BCUT2D eigenvalue weighted by atomic mass is 10.0. The lowest BCUT2D eigenvalue weighted by Gasteiger charge is -2.08. The topological polar surface area (TPSA) is 110 Å². The summed E-state index contributed by atoms with van der Waals surface area (Å²) >= 11 is 13.9. The van der Waals surface area contributed by atoms with Crippen molar-refractivity contribution in [3.05, 3.63) is 54.2 Å². The van der Waals surface area contributed by atoms with Crippen molar-refractivity contribution in [3.63, 3.8) is 0 Å². The van der Waals surface area contributed by atoms with Crippen molar-refractivity contribution >= 4 is 50.5 Å². The molecule has 0 amide bonds. The minimum absolute atomic E-state index is 0.00704. The molecule has 0 aromatic heterocycles. The van der Waals surface area contributed by atoms with Crippen molar-refractivity contribution in [2.75, 3.05) is 5.73 Å². The van der Waals surface area contributed by atoms with Crippen molar-refractivity contribution in [1.29, 1.82) is 0 Å². The minimum Gasteiger partial charge on any atom is -0.505 e. The summed E-state index contributed by atoms with van der Waals surface area (Å²) in [5.41, 5.74) is 5.45. The van der Waals surface area contributed by atoms with E-state index < -0.39 is 10.7 Å². The van der Waals surface area contributed by atoms with Crippen LogP contribution in [0.15, 0.2) is 22.7 Å². The first-order chi connectivity index (χ1) is 11.5. The summed E-state index contributed by atoms with van der Waals surface area (Å²) in [5, 5.41) is 29.3. The second-order valence-corrected chi connectivity index (χ2v) is 6.84. The molecule has 0 heterocycles. The summed E-state index contributed by atoms with van der Waals surface area (Å²) in [6.07, 6.45) is 0. The standard InChI is InChI=1S/C9H10ClNO3.C6H4BrClFNO/c1-5(2)7-3-6(10)4-8(9(7)12)11(13)14;7-4-5(9)2(8)1-3(10)6(4)11/h3-5,12H,1-2H3;1,11H,10H2. The fourth-order valence-electron chi connectivity index (χ4n) is 1.79. The number of nitro groups is 1. The molecule has 2 aromatic carbocycles. The lowest BCUT2D eigenvalue weighted by Crippen LogP contribution is -1.94. The van der Waals surface area contributed by atoms with Gasteiger partial charge in [0, 0.05) is 16.7 Å². The van der Waals surface area contributed by atoms with Gasteiger partial charge >= 0.3 is 5.69 Å². The Bertz CT molecular complexity index is 793. The van der Waals surface area contributed by atoms with Crippen LogP contribution in [-0.4, -0.2) is 15.1 Å². The maximum Gasteiger partial charge on any atom is 0.312 e. The predicted octanol–water partition coefficient (Wildman–Crippen LogP) is 5.61. The Hall–Kier alpha value is -1.77. The van der Waals surface area contributed by atoms with E-state index in [1.54, 1.807) is 0 Å². The first-order valence-corrected chi connectivity index (χ1v) is 8.30.